The van der Waals surface area contributed by atoms with Crippen LogP contribution in [0.15, 0.2) is 24.3 Å². The molecule has 0 amide bonds. The maximum atomic E-state index is 11.1. The third kappa shape index (κ3) is 4.32. The summed E-state index contributed by atoms with van der Waals surface area (Å²) in [5, 5.41) is 21.3. The highest BCUT2D eigenvalue weighted by Crippen LogP contribution is 2.72. The van der Waals surface area contributed by atoms with Crippen LogP contribution in [0.4, 0.5) is 0 Å². The molecule has 0 aromatic heterocycles. The van der Waals surface area contributed by atoms with E-state index in [2.05, 4.69) is 66.7 Å². The quantitative estimate of drug-likeness (QED) is 0.377. The summed E-state index contributed by atoms with van der Waals surface area (Å²) in [7, 11) is 1.81. The summed E-state index contributed by atoms with van der Waals surface area (Å²) in [6, 6.07) is 0. The maximum absolute atomic E-state index is 11.1. The van der Waals surface area contributed by atoms with E-state index in [9.17, 15) is 10.2 Å². The molecule has 3 fully saturated rings. The normalized spacial score (nSPS) is 48.6. The van der Waals surface area contributed by atoms with Gasteiger partial charge >= 0.3 is 0 Å². The van der Waals surface area contributed by atoms with E-state index in [-0.39, 0.29) is 22.5 Å². The van der Waals surface area contributed by atoms with Gasteiger partial charge in [-0.3, -0.25) is 0 Å². The van der Waals surface area contributed by atoms with E-state index in [1.165, 1.54) is 19.3 Å². The smallest absolute Gasteiger partial charge is 0.164 e. The molecule has 1 spiro atoms. The number of rotatable bonds is 5. The second-order valence-corrected chi connectivity index (χ2v) is 15.3. The van der Waals surface area contributed by atoms with Crippen LogP contribution in [0.5, 0.6) is 0 Å². The minimum Gasteiger partial charge on any atom is -0.392 e. The number of methoxy groups -OCH3 is 1. The number of ether oxygens (including phenoxy) is 2. The van der Waals surface area contributed by atoms with Crippen LogP contribution in [-0.4, -0.2) is 40.9 Å². The monoisotopic (exact) mass is 516 g/mol. The third-order valence-corrected chi connectivity index (χ3v) is 12.4. The summed E-state index contributed by atoms with van der Waals surface area (Å²) in [5.41, 5.74) is -1.46. The van der Waals surface area contributed by atoms with E-state index in [1.807, 2.05) is 27.0 Å². The van der Waals surface area contributed by atoms with Gasteiger partial charge in [-0.2, -0.15) is 0 Å². The fraction of sp³-hybridized carbons (Fsp3) is 0.879. The second kappa shape index (κ2) is 9.46. The summed E-state index contributed by atoms with van der Waals surface area (Å²) in [5.74, 6) is 1.86. The number of fused-ring (bicyclic) bond motifs is 3. The molecule has 2 unspecified atom stereocenters. The molecule has 2 N–H and O–H groups in total. The van der Waals surface area contributed by atoms with Gasteiger partial charge in [0.15, 0.2) is 6.29 Å². The molecule has 4 heteroatoms. The number of allylic oxidation sites excluding steroid dienone is 2. The molecule has 10 atom stereocenters. The first-order valence-corrected chi connectivity index (χ1v) is 15.0. The molecule has 0 aromatic rings. The lowest BCUT2D eigenvalue weighted by atomic mass is 9.45. The summed E-state index contributed by atoms with van der Waals surface area (Å²) in [6.45, 7) is 20.3. The van der Waals surface area contributed by atoms with Crippen LogP contribution in [0.25, 0.3) is 0 Å². The van der Waals surface area contributed by atoms with Crippen molar-refractivity contribution in [3.63, 3.8) is 0 Å². The van der Waals surface area contributed by atoms with Crippen LogP contribution in [0.2, 0.25) is 0 Å². The molecule has 0 aromatic carbocycles. The van der Waals surface area contributed by atoms with Crippen LogP contribution >= 0.6 is 0 Å². The van der Waals surface area contributed by atoms with E-state index in [0.29, 0.717) is 23.7 Å². The van der Waals surface area contributed by atoms with E-state index >= 15 is 0 Å². The molecule has 3 aliphatic carbocycles. The van der Waals surface area contributed by atoms with Crippen molar-refractivity contribution in [1.82, 2.24) is 0 Å². The van der Waals surface area contributed by atoms with Gasteiger partial charge in [-0.05, 0) is 93.3 Å². The summed E-state index contributed by atoms with van der Waals surface area (Å²) in [4.78, 5) is 0. The molecule has 1 aliphatic heterocycles. The fourth-order valence-corrected chi connectivity index (χ4v) is 9.65. The first-order chi connectivity index (χ1) is 17.0. The molecular weight excluding hydrogens is 460 g/mol. The molecular formula is C33H56O4. The van der Waals surface area contributed by atoms with Gasteiger partial charge in [0.25, 0.3) is 0 Å². The summed E-state index contributed by atoms with van der Waals surface area (Å²) < 4.78 is 13.4. The minimum atomic E-state index is -0.756. The highest BCUT2D eigenvalue weighted by molar-refractivity contribution is 5.25. The zero-order valence-electron chi connectivity index (χ0n) is 25.4. The molecule has 4 nitrogen and oxygen atoms in total. The molecule has 0 bridgehead atoms. The second-order valence-electron chi connectivity index (χ2n) is 15.3. The molecule has 0 saturated heterocycles. The molecule has 0 radical (unpaired) electrons. The van der Waals surface area contributed by atoms with Gasteiger partial charge < -0.3 is 19.7 Å². The van der Waals surface area contributed by atoms with Gasteiger partial charge in [0.1, 0.15) is 0 Å². The molecule has 3 saturated carbocycles. The number of aliphatic hydroxyl groups excluding tert-OH is 1. The Bertz CT molecular complexity index is 900. The maximum Gasteiger partial charge on any atom is 0.164 e. The fourth-order valence-electron chi connectivity index (χ4n) is 9.65. The van der Waals surface area contributed by atoms with Crippen molar-refractivity contribution in [2.24, 2.45) is 45.3 Å². The predicted molar refractivity (Wildman–Crippen MR) is 151 cm³/mol. The Morgan fingerprint density at radius 3 is 2.35 bits per heavy atom. The Hall–Kier alpha value is -0.680. The van der Waals surface area contributed by atoms with Gasteiger partial charge in [0, 0.05) is 17.9 Å². The van der Waals surface area contributed by atoms with Crippen molar-refractivity contribution in [3.8, 4) is 0 Å². The summed E-state index contributed by atoms with van der Waals surface area (Å²) >= 11 is 0. The average Bonchev–Trinajstić information content (AvgIpc) is 2.98. The zero-order chi connectivity index (χ0) is 27.7. The molecule has 4 aliphatic rings. The Labute approximate surface area is 227 Å². The van der Waals surface area contributed by atoms with E-state index < -0.39 is 22.7 Å². The van der Waals surface area contributed by atoms with Gasteiger partial charge in [0.2, 0.25) is 0 Å². The van der Waals surface area contributed by atoms with Crippen molar-refractivity contribution < 1.29 is 19.7 Å². The standard InChI is InChI=1S/C33H56O4/c1-22(12-11-17-28(3,4)35)24-15-18-32(9)25-16-19-33(23(2)13-14-26(34)29(33,5)6)37-27(36-10)30(25,7)20-21-31(24,32)8/h11,16-17,19,22-27,34-35H,12-15,18,20-21H2,1-10H3/b17-11+/t22-,23-,24?,25-,26+,27?,30+,31-,32+,33-/m1/s1. The van der Waals surface area contributed by atoms with Crippen LogP contribution in [-0.2, 0) is 9.47 Å². The summed E-state index contributed by atoms with van der Waals surface area (Å²) in [6.07, 6.45) is 15.8. The number of aliphatic hydroxyl groups is 2. The lowest BCUT2D eigenvalue weighted by Gasteiger charge is -2.61. The van der Waals surface area contributed by atoms with Crippen molar-refractivity contribution in [3.05, 3.63) is 24.3 Å². The molecule has 37 heavy (non-hydrogen) atoms. The zero-order valence-corrected chi connectivity index (χ0v) is 25.4. The molecule has 1 heterocycles. The predicted octanol–water partition coefficient (Wildman–Crippen LogP) is 7.29. The van der Waals surface area contributed by atoms with Crippen LogP contribution < -0.4 is 0 Å². The van der Waals surface area contributed by atoms with Crippen LogP contribution in [0.1, 0.15) is 107 Å². The van der Waals surface area contributed by atoms with E-state index in [0.717, 1.165) is 25.7 Å². The Morgan fingerprint density at radius 2 is 1.73 bits per heavy atom. The highest BCUT2D eigenvalue weighted by atomic mass is 16.7. The largest absolute Gasteiger partial charge is 0.392 e. The highest BCUT2D eigenvalue weighted by Gasteiger charge is 2.68. The van der Waals surface area contributed by atoms with Crippen molar-refractivity contribution >= 4 is 0 Å². The topological polar surface area (TPSA) is 58.9 Å². The molecule has 212 valence electrons. The lowest BCUT2D eigenvalue weighted by Crippen LogP contribution is -2.62. The van der Waals surface area contributed by atoms with Crippen LogP contribution in [0, 0.1) is 45.3 Å². The Kier molecular flexibility index (Phi) is 7.49. The SMILES string of the molecule is COC1O[C@]2(C=C[C@H]3[C@]4(C)CCC([C@H](C)C/C=C/C(C)(C)O)[C@@]4(C)CC[C@]13C)[C@H](C)CC[C@H](O)C2(C)C. The molecule has 4 rings (SSSR count). The van der Waals surface area contributed by atoms with Crippen molar-refractivity contribution in [2.75, 3.05) is 7.11 Å². The number of hydrogen-bond acceptors (Lipinski definition) is 4. The first kappa shape index (κ1) is 29.3. The third-order valence-electron chi connectivity index (χ3n) is 12.4. The van der Waals surface area contributed by atoms with Gasteiger partial charge in [0.05, 0.1) is 17.3 Å². The number of hydrogen-bond donors (Lipinski definition) is 2. The Morgan fingerprint density at radius 1 is 1.05 bits per heavy atom. The van der Waals surface area contributed by atoms with Gasteiger partial charge in [-0.15, -0.1) is 0 Å². The minimum absolute atomic E-state index is 0.125. The van der Waals surface area contributed by atoms with Crippen molar-refractivity contribution in [1.29, 1.82) is 0 Å². The Balaban J connectivity index is 1.73. The van der Waals surface area contributed by atoms with E-state index in [1.54, 1.807) is 0 Å². The van der Waals surface area contributed by atoms with Gasteiger partial charge in [-0.1, -0.05) is 72.8 Å². The first-order valence-electron chi connectivity index (χ1n) is 15.0. The average molecular weight is 517 g/mol. The van der Waals surface area contributed by atoms with Gasteiger partial charge in [-0.25, -0.2) is 0 Å². The van der Waals surface area contributed by atoms with Crippen LogP contribution in [0.3, 0.4) is 0 Å². The van der Waals surface area contributed by atoms with E-state index in [4.69, 9.17) is 9.47 Å². The van der Waals surface area contributed by atoms with Crippen molar-refractivity contribution in [2.45, 2.75) is 131 Å². The lowest BCUT2D eigenvalue weighted by molar-refractivity contribution is -0.306.